The molecule has 0 atom stereocenters. The predicted molar refractivity (Wildman–Crippen MR) is 95.4 cm³/mol. The fourth-order valence-electron chi connectivity index (χ4n) is 2.32. The van der Waals surface area contributed by atoms with Crippen LogP contribution >= 0.6 is 0 Å². The van der Waals surface area contributed by atoms with Gasteiger partial charge >= 0.3 is 0 Å². The first kappa shape index (κ1) is 16.3. The lowest BCUT2D eigenvalue weighted by Gasteiger charge is -2.17. The topological polar surface area (TPSA) is 102 Å². The number of anilines is 1. The molecule has 0 saturated heterocycles. The molecule has 1 aliphatic rings. The van der Waals surface area contributed by atoms with Crippen LogP contribution in [0.3, 0.4) is 0 Å². The molecule has 1 aliphatic carbocycles. The number of benzene rings is 2. The van der Waals surface area contributed by atoms with E-state index in [1.54, 1.807) is 24.3 Å². The maximum atomic E-state index is 12.4. The van der Waals surface area contributed by atoms with Crippen molar-refractivity contribution in [2.24, 2.45) is 4.99 Å². The molecule has 0 heterocycles. The number of aromatic hydroxyl groups is 2. The maximum Gasteiger partial charge on any atom is 0.208 e. The first-order valence-corrected chi connectivity index (χ1v) is 7.54. The Kier molecular flexibility index (Phi) is 4.26. The number of nitrogens with zero attached hydrogens (tertiary/aromatic N) is 1. The van der Waals surface area contributed by atoms with Gasteiger partial charge in [-0.1, -0.05) is 0 Å². The number of aliphatic imine (C=N–C) groups is 1. The third-order valence-corrected chi connectivity index (χ3v) is 3.71. The number of phenols is 2. The Morgan fingerprint density at radius 2 is 1.44 bits per heavy atom. The fraction of sp³-hybridized carbons (Fsp3) is 0.0526. The Morgan fingerprint density at radius 3 is 2.04 bits per heavy atom. The molecule has 2 aromatic rings. The number of allylic oxidation sites excluding steroid dienone is 2. The van der Waals surface area contributed by atoms with Crippen molar-refractivity contribution in [1.29, 1.82) is 0 Å². The molecule has 6 heteroatoms. The number of Topliss-reactive ketones (excluding diaryl/α,β-unsaturated/α-hetero) is 1. The molecular weight excluding hydrogens is 320 g/mol. The number of ketones is 1. The normalized spacial score (nSPS) is 16.1. The lowest BCUT2D eigenvalue weighted by molar-refractivity contribution is -0.112. The first-order chi connectivity index (χ1) is 11.9. The van der Waals surface area contributed by atoms with Gasteiger partial charge in [-0.2, -0.15) is 0 Å². The third-order valence-electron chi connectivity index (χ3n) is 3.71. The summed E-state index contributed by atoms with van der Waals surface area (Å²) in [6, 6.07) is 12.4. The summed E-state index contributed by atoms with van der Waals surface area (Å²) in [6.45, 7) is 1.52. The number of hydrogen-bond donors (Lipinski definition) is 4. The fourth-order valence-corrected chi connectivity index (χ4v) is 2.32. The van der Waals surface area contributed by atoms with Gasteiger partial charge < -0.3 is 20.6 Å². The van der Waals surface area contributed by atoms with Gasteiger partial charge in [-0.05, 0) is 61.5 Å². The number of nitrogens with one attached hydrogen (secondary N) is 1. The van der Waals surface area contributed by atoms with Gasteiger partial charge in [0.2, 0.25) is 5.78 Å². The molecule has 0 aliphatic heterocycles. The standard InChI is InChI=1S/C19H16N2O4/c1-11-18(24)16(20-12-2-6-14(22)7-3-12)10-17(19(11)25)21-13-4-8-15(23)9-5-13/h2-10,20,22-23,25H,1H3/b21-17+. The van der Waals surface area contributed by atoms with Crippen molar-refractivity contribution in [3.8, 4) is 11.5 Å². The van der Waals surface area contributed by atoms with Gasteiger partial charge in [-0.3, -0.25) is 4.79 Å². The van der Waals surface area contributed by atoms with E-state index >= 15 is 0 Å². The monoisotopic (exact) mass is 336 g/mol. The zero-order valence-corrected chi connectivity index (χ0v) is 13.4. The molecule has 0 radical (unpaired) electrons. The average Bonchev–Trinajstić information content (AvgIpc) is 2.61. The summed E-state index contributed by atoms with van der Waals surface area (Å²) in [5.41, 5.74) is 1.83. The van der Waals surface area contributed by atoms with E-state index in [1.165, 1.54) is 37.3 Å². The summed E-state index contributed by atoms with van der Waals surface area (Å²) < 4.78 is 0. The van der Waals surface area contributed by atoms with E-state index in [-0.39, 0.29) is 40.0 Å². The predicted octanol–water partition coefficient (Wildman–Crippen LogP) is 3.58. The van der Waals surface area contributed by atoms with Crippen LogP contribution in [0.15, 0.2) is 76.6 Å². The Morgan fingerprint density at radius 1 is 0.880 bits per heavy atom. The third kappa shape index (κ3) is 3.53. The lowest BCUT2D eigenvalue weighted by atomic mass is 9.99. The molecule has 2 aromatic carbocycles. The minimum Gasteiger partial charge on any atom is -0.508 e. The van der Waals surface area contributed by atoms with Gasteiger partial charge in [0.25, 0.3) is 0 Å². The van der Waals surface area contributed by atoms with E-state index < -0.39 is 0 Å². The van der Waals surface area contributed by atoms with Crippen molar-refractivity contribution in [1.82, 2.24) is 0 Å². The second-order valence-corrected chi connectivity index (χ2v) is 5.55. The number of hydrogen-bond acceptors (Lipinski definition) is 6. The highest BCUT2D eigenvalue weighted by Gasteiger charge is 2.24. The number of aliphatic hydroxyl groups excluding tert-OH is 1. The quantitative estimate of drug-likeness (QED) is 0.507. The smallest absolute Gasteiger partial charge is 0.208 e. The van der Waals surface area contributed by atoms with Crippen LogP contribution in [0.1, 0.15) is 6.92 Å². The zero-order valence-electron chi connectivity index (χ0n) is 13.4. The summed E-state index contributed by atoms with van der Waals surface area (Å²) in [6.07, 6.45) is 1.46. The molecule has 126 valence electrons. The van der Waals surface area contributed by atoms with Gasteiger partial charge in [0.1, 0.15) is 23.0 Å². The van der Waals surface area contributed by atoms with Crippen LogP contribution in [-0.4, -0.2) is 26.8 Å². The van der Waals surface area contributed by atoms with Crippen molar-refractivity contribution in [3.05, 3.63) is 71.6 Å². The van der Waals surface area contributed by atoms with Crippen molar-refractivity contribution < 1.29 is 20.1 Å². The number of aliphatic hydroxyl groups is 1. The molecule has 4 N–H and O–H groups in total. The first-order valence-electron chi connectivity index (χ1n) is 7.54. The summed E-state index contributed by atoms with van der Waals surface area (Å²) in [5, 5.41) is 31.8. The van der Waals surface area contributed by atoms with E-state index in [9.17, 15) is 20.1 Å². The van der Waals surface area contributed by atoms with Crippen LogP contribution in [0.4, 0.5) is 11.4 Å². The Hall–Kier alpha value is -3.54. The second kappa shape index (κ2) is 6.52. The van der Waals surface area contributed by atoms with E-state index in [0.29, 0.717) is 11.4 Å². The van der Waals surface area contributed by atoms with Crippen LogP contribution in [0, 0.1) is 0 Å². The summed E-state index contributed by atoms with van der Waals surface area (Å²) in [4.78, 5) is 16.7. The molecular formula is C19H16N2O4. The van der Waals surface area contributed by atoms with Crippen LogP contribution in [0.5, 0.6) is 11.5 Å². The number of carbonyl (C=O) groups excluding carboxylic acids is 1. The van der Waals surface area contributed by atoms with E-state index in [2.05, 4.69) is 10.3 Å². The van der Waals surface area contributed by atoms with Gasteiger partial charge in [0.15, 0.2) is 0 Å². The summed E-state index contributed by atoms with van der Waals surface area (Å²) in [5.74, 6) is -0.286. The van der Waals surface area contributed by atoms with Gasteiger partial charge in [0, 0.05) is 11.3 Å². The molecule has 3 rings (SSSR count). The lowest BCUT2D eigenvalue weighted by Crippen LogP contribution is -2.22. The molecule has 0 aromatic heterocycles. The van der Waals surface area contributed by atoms with E-state index in [0.717, 1.165) is 0 Å². The molecule has 0 fully saturated rings. The highest BCUT2D eigenvalue weighted by Crippen LogP contribution is 2.24. The van der Waals surface area contributed by atoms with Crippen LogP contribution in [0.25, 0.3) is 0 Å². The van der Waals surface area contributed by atoms with Gasteiger partial charge in [0.05, 0.1) is 11.4 Å². The van der Waals surface area contributed by atoms with Gasteiger partial charge in [-0.15, -0.1) is 0 Å². The Labute approximate surface area is 144 Å². The molecule has 0 saturated carbocycles. The zero-order chi connectivity index (χ0) is 18.0. The minimum atomic E-state index is -0.338. The highest BCUT2D eigenvalue weighted by molar-refractivity contribution is 6.24. The summed E-state index contributed by atoms with van der Waals surface area (Å²) >= 11 is 0. The molecule has 0 amide bonds. The van der Waals surface area contributed by atoms with Crippen LogP contribution < -0.4 is 5.32 Å². The number of carbonyl (C=O) groups is 1. The van der Waals surface area contributed by atoms with E-state index in [4.69, 9.17) is 0 Å². The van der Waals surface area contributed by atoms with Crippen LogP contribution in [-0.2, 0) is 4.79 Å². The average molecular weight is 336 g/mol. The molecule has 0 unspecified atom stereocenters. The number of rotatable bonds is 3. The SMILES string of the molecule is CC1=C(O)/C(=N/c2ccc(O)cc2)C=C(Nc2ccc(O)cc2)C1=O. The van der Waals surface area contributed by atoms with Crippen molar-refractivity contribution in [2.45, 2.75) is 6.92 Å². The van der Waals surface area contributed by atoms with Gasteiger partial charge in [-0.25, -0.2) is 4.99 Å². The van der Waals surface area contributed by atoms with Crippen molar-refractivity contribution in [3.63, 3.8) is 0 Å². The largest absolute Gasteiger partial charge is 0.508 e. The maximum absolute atomic E-state index is 12.4. The van der Waals surface area contributed by atoms with E-state index in [1.807, 2.05) is 0 Å². The second-order valence-electron chi connectivity index (χ2n) is 5.55. The summed E-state index contributed by atoms with van der Waals surface area (Å²) in [7, 11) is 0. The Balaban J connectivity index is 1.96. The Bertz CT molecular complexity index is 907. The van der Waals surface area contributed by atoms with Crippen LogP contribution in [0.2, 0.25) is 0 Å². The molecule has 0 spiro atoms. The number of phenolic OH excluding ortho intramolecular Hbond substituents is 2. The molecule has 0 bridgehead atoms. The van der Waals surface area contributed by atoms with Crippen molar-refractivity contribution in [2.75, 3.05) is 5.32 Å². The minimum absolute atomic E-state index is 0.115. The highest BCUT2D eigenvalue weighted by atomic mass is 16.3. The molecule has 25 heavy (non-hydrogen) atoms. The van der Waals surface area contributed by atoms with Crippen molar-refractivity contribution >= 4 is 22.9 Å². The molecule has 6 nitrogen and oxygen atoms in total.